The monoisotopic (exact) mass is 393 g/mol. The Bertz CT molecular complexity index is 623. The van der Waals surface area contributed by atoms with Crippen LogP contribution >= 0.6 is 24.8 Å². The van der Waals surface area contributed by atoms with Crippen LogP contribution in [0.15, 0.2) is 24.3 Å². The molecule has 11 heteroatoms. The fourth-order valence-corrected chi connectivity index (χ4v) is 2.53. The zero-order valence-electron chi connectivity index (χ0n) is 13.4. The average Bonchev–Trinajstić information content (AvgIpc) is 2.53. The number of benzene rings is 1. The number of hydrogen-bond acceptors (Lipinski definition) is 6. The van der Waals surface area contributed by atoms with E-state index in [-0.39, 0.29) is 42.8 Å². The second-order valence-electron chi connectivity index (χ2n) is 5.37. The van der Waals surface area contributed by atoms with E-state index in [0.29, 0.717) is 26.2 Å². The van der Waals surface area contributed by atoms with Gasteiger partial charge in [0.2, 0.25) is 11.8 Å². The maximum Gasteiger partial charge on any atom is 0.271 e. The van der Waals surface area contributed by atoms with Crippen molar-refractivity contribution in [2.75, 3.05) is 31.1 Å². The van der Waals surface area contributed by atoms with E-state index < -0.39 is 16.9 Å². The molecule has 1 fully saturated rings. The molecule has 25 heavy (non-hydrogen) atoms. The summed E-state index contributed by atoms with van der Waals surface area (Å²) in [6, 6.07) is 5.45. The normalized spacial score (nSPS) is 14.8. The second-order valence-corrected chi connectivity index (χ2v) is 5.37. The SMILES string of the molecule is Cl.Cl.NC(=O)CC(N)C(=O)N1CCN(c2cccc([N+](=O)[O-])c2)CC1. The molecule has 1 heterocycles. The molecule has 0 saturated carbocycles. The lowest BCUT2D eigenvalue weighted by Gasteiger charge is -2.37. The maximum atomic E-state index is 12.1. The van der Waals surface area contributed by atoms with Gasteiger partial charge in [0.25, 0.3) is 5.69 Å². The summed E-state index contributed by atoms with van der Waals surface area (Å²) >= 11 is 0. The molecule has 0 aliphatic carbocycles. The Balaban J connectivity index is 0.00000288. The number of primary amides is 1. The van der Waals surface area contributed by atoms with Crippen LogP contribution in [0.4, 0.5) is 11.4 Å². The van der Waals surface area contributed by atoms with Crippen LogP contribution < -0.4 is 16.4 Å². The predicted molar refractivity (Wildman–Crippen MR) is 98.2 cm³/mol. The highest BCUT2D eigenvalue weighted by molar-refractivity contribution is 5.87. The molecule has 4 N–H and O–H groups in total. The van der Waals surface area contributed by atoms with Gasteiger partial charge in [-0.1, -0.05) is 6.07 Å². The van der Waals surface area contributed by atoms with E-state index in [4.69, 9.17) is 11.5 Å². The van der Waals surface area contributed by atoms with Crippen molar-refractivity contribution in [1.29, 1.82) is 0 Å². The molecule has 0 radical (unpaired) electrons. The van der Waals surface area contributed by atoms with E-state index in [1.807, 2.05) is 4.90 Å². The van der Waals surface area contributed by atoms with Crippen molar-refractivity contribution in [2.24, 2.45) is 11.5 Å². The molecule has 9 nitrogen and oxygen atoms in total. The number of carbonyl (C=O) groups excluding carboxylic acids is 2. The molecule has 0 bridgehead atoms. The summed E-state index contributed by atoms with van der Waals surface area (Å²) < 4.78 is 0. The molecular weight excluding hydrogens is 373 g/mol. The van der Waals surface area contributed by atoms with Crippen molar-refractivity contribution in [3.63, 3.8) is 0 Å². The highest BCUT2D eigenvalue weighted by Crippen LogP contribution is 2.22. The second kappa shape index (κ2) is 10.0. The van der Waals surface area contributed by atoms with E-state index in [2.05, 4.69) is 0 Å². The molecule has 0 spiro atoms. The minimum absolute atomic E-state index is 0. The molecule has 1 aromatic rings. The number of nitro benzene ring substituents is 1. The van der Waals surface area contributed by atoms with Gasteiger partial charge in [-0.25, -0.2) is 0 Å². The first-order chi connectivity index (χ1) is 10.9. The van der Waals surface area contributed by atoms with Crippen LogP contribution in [0, 0.1) is 10.1 Å². The van der Waals surface area contributed by atoms with Crippen LogP contribution in [-0.2, 0) is 9.59 Å². The lowest BCUT2D eigenvalue weighted by Crippen LogP contribution is -2.53. The standard InChI is InChI=1S/C14H19N5O4.2ClH/c15-12(9-13(16)20)14(21)18-6-4-17(5-7-18)10-2-1-3-11(8-10)19(22)23;;/h1-3,8,12H,4-7,9,15H2,(H2,16,20);2*1H. The highest BCUT2D eigenvalue weighted by atomic mass is 35.5. The van der Waals surface area contributed by atoms with Crippen molar-refractivity contribution in [3.05, 3.63) is 34.4 Å². The maximum absolute atomic E-state index is 12.1. The van der Waals surface area contributed by atoms with Gasteiger partial charge in [-0.15, -0.1) is 24.8 Å². The number of nitro groups is 1. The zero-order valence-corrected chi connectivity index (χ0v) is 15.0. The van der Waals surface area contributed by atoms with Gasteiger partial charge in [-0.05, 0) is 6.07 Å². The summed E-state index contributed by atoms with van der Waals surface area (Å²) in [7, 11) is 0. The van der Waals surface area contributed by atoms with Gasteiger partial charge in [0.15, 0.2) is 0 Å². The molecule has 1 unspecified atom stereocenters. The molecule has 140 valence electrons. The number of anilines is 1. The number of halogens is 2. The number of non-ortho nitro benzene ring substituents is 1. The Labute approximate surface area is 157 Å². The molecule has 2 amide bonds. The van der Waals surface area contributed by atoms with Crippen LogP contribution in [-0.4, -0.2) is 53.9 Å². The van der Waals surface area contributed by atoms with E-state index >= 15 is 0 Å². The summed E-state index contributed by atoms with van der Waals surface area (Å²) in [4.78, 5) is 36.9. The van der Waals surface area contributed by atoms with Crippen LogP contribution in [0.3, 0.4) is 0 Å². The first-order valence-corrected chi connectivity index (χ1v) is 7.20. The van der Waals surface area contributed by atoms with E-state index in [1.165, 1.54) is 12.1 Å². The zero-order chi connectivity index (χ0) is 17.0. The molecule has 1 aromatic carbocycles. The molecule has 1 atom stereocenters. The van der Waals surface area contributed by atoms with Crippen molar-refractivity contribution in [3.8, 4) is 0 Å². The number of piperazine rings is 1. The average molecular weight is 394 g/mol. The minimum Gasteiger partial charge on any atom is -0.370 e. The summed E-state index contributed by atoms with van der Waals surface area (Å²) in [6.45, 7) is 1.95. The smallest absolute Gasteiger partial charge is 0.271 e. The topological polar surface area (TPSA) is 136 Å². The fourth-order valence-electron chi connectivity index (χ4n) is 2.53. The third-order valence-corrected chi connectivity index (χ3v) is 3.74. The highest BCUT2D eigenvalue weighted by Gasteiger charge is 2.26. The summed E-state index contributed by atoms with van der Waals surface area (Å²) in [6.07, 6.45) is -0.177. The molecular formula is C14H21Cl2N5O4. The third kappa shape index (κ3) is 6.04. The molecule has 2 rings (SSSR count). The number of rotatable bonds is 5. The molecule has 1 aliphatic rings. The van der Waals surface area contributed by atoms with Crippen molar-refractivity contribution in [2.45, 2.75) is 12.5 Å². The largest absolute Gasteiger partial charge is 0.370 e. The Hall–Kier alpha value is -2.10. The molecule has 0 aromatic heterocycles. The van der Waals surface area contributed by atoms with Crippen molar-refractivity contribution in [1.82, 2.24) is 4.90 Å². The van der Waals surface area contributed by atoms with Gasteiger partial charge in [0, 0.05) is 44.0 Å². The Kier molecular flexibility index (Phi) is 9.18. The first kappa shape index (κ1) is 22.9. The van der Waals surface area contributed by atoms with E-state index in [1.54, 1.807) is 17.0 Å². The van der Waals surface area contributed by atoms with Crippen molar-refractivity contribution < 1.29 is 14.5 Å². The Morgan fingerprint density at radius 2 is 1.80 bits per heavy atom. The van der Waals surface area contributed by atoms with Crippen LogP contribution in [0.5, 0.6) is 0 Å². The lowest BCUT2D eigenvalue weighted by atomic mass is 10.1. The summed E-state index contributed by atoms with van der Waals surface area (Å²) in [5.74, 6) is -0.913. The van der Waals surface area contributed by atoms with Gasteiger partial charge in [0.1, 0.15) is 0 Å². The van der Waals surface area contributed by atoms with Gasteiger partial charge < -0.3 is 21.3 Å². The molecule has 1 saturated heterocycles. The third-order valence-electron chi connectivity index (χ3n) is 3.74. The summed E-state index contributed by atoms with van der Waals surface area (Å²) in [5.41, 5.74) is 11.5. The minimum atomic E-state index is -0.920. The predicted octanol–water partition coefficient (Wildman–Crippen LogP) is 0.290. The van der Waals surface area contributed by atoms with Crippen LogP contribution in [0.2, 0.25) is 0 Å². The van der Waals surface area contributed by atoms with Gasteiger partial charge in [-0.2, -0.15) is 0 Å². The lowest BCUT2D eigenvalue weighted by molar-refractivity contribution is -0.384. The number of carbonyl (C=O) groups is 2. The number of nitrogens with two attached hydrogens (primary N) is 2. The number of amides is 2. The fraction of sp³-hybridized carbons (Fsp3) is 0.429. The summed E-state index contributed by atoms with van der Waals surface area (Å²) in [5, 5.41) is 10.8. The number of nitrogens with zero attached hydrogens (tertiary/aromatic N) is 3. The van der Waals surface area contributed by atoms with Gasteiger partial charge in [0.05, 0.1) is 17.4 Å². The van der Waals surface area contributed by atoms with Gasteiger partial charge >= 0.3 is 0 Å². The van der Waals surface area contributed by atoms with E-state index in [9.17, 15) is 19.7 Å². The van der Waals surface area contributed by atoms with Crippen LogP contribution in [0.1, 0.15) is 6.42 Å². The Morgan fingerprint density at radius 1 is 1.20 bits per heavy atom. The quantitative estimate of drug-likeness (QED) is 0.544. The Morgan fingerprint density at radius 3 is 2.32 bits per heavy atom. The van der Waals surface area contributed by atoms with E-state index in [0.717, 1.165) is 5.69 Å². The molecule has 1 aliphatic heterocycles. The van der Waals surface area contributed by atoms with Crippen LogP contribution in [0.25, 0.3) is 0 Å². The first-order valence-electron chi connectivity index (χ1n) is 7.20. The van der Waals surface area contributed by atoms with Crippen molar-refractivity contribution >= 4 is 48.0 Å². The van der Waals surface area contributed by atoms with Gasteiger partial charge in [-0.3, -0.25) is 19.7 Å². The number of hydrogen-bond donors (Lipinski definition) is 2.